The van der Waals surface area contributed by atoms with Crippen molar-refractivity contribution in [1.82, 2.24) is 0 Å². The van der Waals surface area contributed by atoms with Crippen molar-refractivity contribution in [2.75, 3.05) is 5.75 Å². The molecule has 86 valence electrons. The largest absolute Gasteiger partial charge is 0.327 e. The molecule has 0 bridgehead atoms. The zero-order chi connectivity index (χ0) is 10.8. The van der Waals surface area contributed by atoms with Gasteiger partial charge >= 0.3 is 0 Å². The highest BCUT2D eigenvalue weighted by molar-refractivity contribution is 7.99. The van der Waals surface area contributed by atoms with Crippen LogP contribution in [0.15, 0.2) is 0 Å². The highest BCUT2D eigenvalue weighted by Crippen LogP contribution is 2.21. The van der Waals surface area contributed by atoms with Gasteiger partial charge in [-0.2, -0.15) is 11.8 Å². The SMILES string of the molecule is CCCCCSC(CC)C(N)CCC. The predicted octanol–water partition coefficient (Wildman–Crippen LogP) is 3.82. The Bertz CT molecular complexity index is 117. The molecular weight excluding hydrogens is 190 g/mol. The third-order valence-electron chi connectivity index (χ3n) is 2.58. The highest BCUT2D eigenvalue weighted by atomic mass is 32.2. The molecule has 0 aromatic heterocycles. The third kappa shape index (κ3) is 6.72. The molecular formula is C12H27NS. The van der Waals surface area contributed by atoms with E-state index < -0.39 is 0 Å². The molecule has 0 saturated heterocycles. The minimum Gasteiger partial charge on any atom is -0.327 e. The van der Waals surface area contributed by atoms with Crippen molar-refractivity contribution in [3.05, 3.63) is 0 Å². The highest BCUT2D eigenvalue weighted by Gasteiger charge is 2.14. The lowest BCUT2D eigenvalue weighted by Gasteiger charge is -2.21. The van der Waals surface area contributed by atoms with E-state index in [9.17, 15) is 0 Å². The second-order valence-corrected chi connectivity index (χ2v) is 5.32. The Morgan fingerprint density at radius 1 is 1.07 bits per heavy atom. The van der Waals surface area contributed by atoms with Crippen LogP contribution in [0.25, 0.3) is 0 Å². The van der Waals surface area contributed by atoms with Crippen molar-refractivity contribution < 1.29 is 0 Å². The third-order valence-corrected chi connectivity index (χ3v) is 4.22. The monoisotopic (exact) mass is 217 g/mol. The van der Waals surface area contributed by atoms with Gasteiger partial charge in [0.05, 0.1) is 0 Å². The first-order valence-electron chi connectivity index (χ1n) is 6.13. The van der Waals surface area contributed by atoms with Crippen LogP contribution >= 0.6 is 11.8 Å². The van der Waals surface area contributed by atoms with Gasteiger partial charge in [-0.25, -0.2) is 0 Å². The van der Waals surface area contributed by atoms with Gasteiger partial charge in [0.15, 0.2) is 0 Å². The summed E-state index contributed by atoms with van der Waals surface area (Å²) in [7, 11) is 0. The Balaban J connectivity index is 3.56. The number of hydrogen-bond donors (Lipinski definition) is 1. The minimum atomic E-state index is 0.414. The van der Waals surface area contributed by atoms with E-state index in [2.05, 4.69) is 32.5 Å². The van der Waals surface area contributed by atoms with E-state index >= 15 is 0 Å². The molecule has 0 aliphatic rings. The lowest BCUT2D eigenvalue weighted by atomic mass is 10.1. The average molecular weight is 217 g/mol. The molecule has 14 heavy (non-hydrogen) atoms. The van der Waals surface area contributed by atoms with Gasteiger partial charge < -0.3 is 5.73 Å². The fourth-order valence-electron chi connectivity index (χ4n) is 1.65. The molecule has 0 spiro atoms. The Labute approximate surface area is 94.2 Å². The maximum absolute atomic E-state index is 6.13. The van der Waals surface area contributed by atoms with Crippen LogP contribution in [0.3, 0.4) is 0 Å². The molecule has 2 atom stereocenters. The first-order chi connectivity index (χ1) is 6.76. The Morgan fingerprint density at radius 3 is 2.29 bits per heavy atom. The van der Waals surface area contributed by atoms with Crippen LogP contribution in [-0.2, 0) is 0 Å². The zero-order valence-electron chi connectivity index (χ0n) is 10.1. The van der Waals surface area contributed by atoms with Gasteiger partial charge in [-0.1, -0.05) is 40.0 Å². The molecule has 0 aliphatic carbocycles. The van der Waals surface area contributed by atoms with E-state index in [1.807, 2.05) is 0 Å². The van der Waals surface area contributed by atoms with Crippen LogP contribution in [0.4, 0.5) is 0 Å². The number of rotatable bonds is 9. The summed E-state index contributed by atoms with van der Waals surface area (Å²) in [6.07, 6.45) is 7.66. The van der Waals surface area contributed by atoms with Crippen molar-refractivity contribution in [3.63, 3.8) is 0 Å². The molecule has 0 fully saturated rings. The summed E-state index contributed by atoms with van der Waals surface area (Å²) in [6.45, 7) is 6.73. The van der Waals surface area contributed by atoms with Gasteiger partial charge in [-0.15, -0.1) is 0 Å². The van der Waals surface area contributed by atoms with E-state index in [0.29, 0.717) is 11.3 Å². The van der Waals surface area contributed by atoms with Crippen LogP contribution in [0.2, 0.25) is 0 Å². The number of nitrogens with two attached hydrogens (primary N) is 1. The molecule has 1 nitrogen and oxygen atoms in total. The predicted molar refractivity (Wildman–Crippen MR) is 68.9 cm³/mol. The van der Waals surface area contributed by atoms with E-state index in [1.165, 1.54) is 44.3 Å². The maximum atomic E-state index is 6.13. The van der Waals surface area contributed by atoms with Crippen LogP contribution in [-0.4, -0.2) is 17.0 Å². The van der Waals surface area contributed by atoms with Crippen molar-refractivity contribution in [2.24, 2.45) is 5.73 Å². The second kappa shape index (κ2) is 9.85. The molecule has 2 heteroatoms. The minimum absolute atomic E-state index is 0.414. The summed E-state index contributed by atoms with van der Waals surface area (Å²) in [6, 6.07) is 0.414. The van der Waals surface area contributed by atoms with Crippen LogP contribution in [0.5, 0.6) is 0 Å². The summed E-state index contributed by atoms with van der Waals surface area (Å²) in [4.78, 5) is 0. The number of hydrogen-bond acceptors (Lipinski definition) is 2. The van der Waals surface area contributed by atoms with Gasteiger partial charge in [0, 0.05) is 11.3 Å². The topological polar surface area (TPSA) is 26.0 Å². The molecule has 2 N–H and O–H groups in total. The number of unbranched alkanes of at least 4 members (excludes halogenated alkanes) is 2. The fraction of sp³-hybridized carbons (Fsp3) is 1.00. The average Bonchev–Trinajstić information content (AvgIpc) is 2.18. The summed E-state index contributed by atoms with van der Waals surface area (Å²) >= 11 is 2.08. The Kier molecular flexibility index (Phi) is 10.1. The van der Waals surface area contributed by atoms with Gasteiger partial charge in [0.25, 0.3) is 0 Å². The molecule has 0 saturated carbocycles. The van der Waals surface area contributed by atoms with Crippen molar-refractivity contribution in [1.29, 1.82) is 0 Å². The van der Waals surface area contributed by atoms with Gasteiger partial charge in [-0.3, -0.25) is 0 Å². The summed E-state index contributed by atoms with van der Waals surface area (Å²) < 4.78 is 0. The zero-order valence-corrected chi connectivity index (χ0v) is 10.9. The van der Waals surface area contributed by atoms with Crippen molar-refractivity contribution in [2.45, 2.75) is 70.6 Å². The lowest BCUT2D eigenvalue weighted by Crippen LogP contribution is -2.32. The van der Waals surface area contributed by atoms with Crippen molar-refractivity contribution >= 4 is 11.8 Å². The molecule has 0 amide bonds. The van der Waals surface area contributed by atoms with E-state index in [4.69, 9.17) is 5.73 Å². The molecule has 0 aromatic carbocycles. The van der Waals surface area contributed by atoms with E-state index in [-0.39, 0.29) is 0 Å². The molecule has 0 aromatic rings. The lowest BCUT2D eigenvalue weighted by molar-refractivity contribution is 0.566. The van der Waals surface area contributed by atoms with Crippen molar-refractivity contribution in [3.8, 4) is 0 Å². The van der Waals surface area contributed by atoms with E-state index in [0.717, 1.165) is 0 Å². The van der Waals surface area contributed by atoms with Crippen LogP contribution < -0.4 is 5.73 Å². The first-order valence-corrected chi connectivity index (χ1v) is 7.18. The summed E-state index contributed by atoms with van der Waals surface area (Å²) in [5.41, 5.74) is 6.13. The van der Waals surface area contributed by atoms with Crippen LogP contribution in [0, 0.1) is 0 Å². The standard InChI is InChI=1S/C12H27NS/c1-4-7-8-10-14-12(6-3)11(13)9-5-2/h11-12H,4-10,13H2,1-3H3. The first kappa shape index (κ1) is 14.3. The molecule has 0 aliphatic heterocycles. The molecule has 0 heterocycles. The second-order valence-electron chi connectivity index (χ2n) is 3.98. The van der Waals surface area contributed by atoms with Gasteiger partial charge in [0.2, 0.25) is 0 Å². The Hall–Kier alpha value is 0.310. The van der Waals surface area contributed by atoms with Gasteiger partial charge in [-0.05, 0) is 25.0 Å². The van der Waals surface area contributed by atoms with Gasteiger partial charge in [0.1, 0.15) is 0 Å². The summed E-state index contributed by atoms with van der Waals surface area (Å²) in [5, 5.41) is 0.687. The normalized spacial score (nSPS) is 15.4. The molecule has 2 unspecified atom stereocenters. The maximum Gasteiger partial charge on any atom is 0.0196 e. The number of thioether (sulfide) groups is 1. The van der Waals surface area contributed by atoms with Crippen LogP contribution in [0.1, 0.15) is 59.3 Å². The molecule has 0 radical (unpaired) electrons. The Morgan fingerprint density at radius 2 is 1.79 bits per heavy atom. The smallest absolute Gasteiger partial charge is 0.0196 e. The van der Waals surface area contributed by atoms with E-state index in [1.54, 1.807) is 0 Å². The molecule has 0 rings (SSSR count). The quantitative estimate of drug-likeness (QED) is 0.594. The summed E-state index contributed by atoms with van der Waals surface area (Å²) in [5.74, 6) is 1.30. The fourth-order valence-corrected chi connectivity index (χ4v) is 2.94.